The number of fused-ring (bicyclic) bond motifs is 1. The number of rotatable bonds is 10. The van der Waals surface area contributed by atoms with Gasteiger partial charge in [0.15, 0.2) is 0 Å². The van der Waals surface area contributed by atoms with Crippen molar-refractivity contribution < 1.29 is 0 Å². The lowest BCUT2D eigenvalue weighted by Crippen LogP contribution is -2.09. The third kappa shape index (κ3) is 8.16. The Bertz CT molecular complexity index is 3360. The summed E-state index contributed by atoms with van der Waals surface area (Å²) in [6, 6.07) is 98.8. The van der Waals surface area contributed by atoms with Crippen LogP contribution in [0.2, 0.25) is 0 Å². The predicted octanol–water partition coefficient (Wildman–Crippen LogP) is 18.0. The molecular formula is C64H45N. The van der Waals surface area contributed by atoms with E-state index in [0.29, 0.717) is 0 Å². The zero-order chi connectivity index (χ0) is 43.4. The van der Waals surface area contributed by atoms with Crippen molar-refractivity contribution in [1.82, 2.24) is 0 Å². The highest BCUT2D eigenvalue weighted by molar-refractivity contribution is 5.98. The first-order chi connectivity index (χ1) is 32.2. The second-order valence-electron chi connectivity index (χ2n) is 16.5. The molecule has 0 atom stereocenters. The number of anilines is 3. The maximum atomic E-state index is 2.37. The zero-order valence-electron chi connectivity index (χ0n) is 35.9. The lowest BCUT2D eigenvalue weighted by Gasteiger charge is -2.26. The summed E-state index contributed by atoms with van der Waals surface area (Å²) in [6.07, 6.45) is 0. The van der Waals surface area contributed by atoms with E-state index in [1.807, 2.05) is 0 Å². The highest BCUT2D eigenvalue weighted by atomic mass is 15.1. The van der Waals surface area contributed by atoms with Crippen LogP contribution in [0.25, 0.3) is 88.7 Å². The van der Waals surface area contributed by atoms with Gasteiger partial charge in [-0.05, 0) is 149 Å². The number of nitrogens with zero attached hydrogens (tertiary/aromatic N) is 1. The fourth-order valence-corrected chi connectivity index (χ4v) is 9.15. The highest BCUT2D eigenvalue weighted by Crippen LogP contribution is 2.44. The Balaban J connectivity index is 0.985. The molecule has 306 valence electrons. The summed E-state index contributed by atoms with van der Waals surface area (Å²) in [4.78, 5) is 2.35. The molecule has 0 aliphatic heterocycles. The van der Waals surface area contributed by atoms with E-state index in [4.69, 9.17) is 0 Å². The minimum Gasteiger partial charge on any atom is -0.311 e. The molecule has 0 radical (unpaired) electrons. The average Bonchev–Trinajstić information content (AvgIpc) is 3.40. The van der Waals surface area contributed by atoms with Crippen molar-refractivity contribution in [3.05, 3.63) is 273 Å². The molecule has 0 N–H and O–H groups in total. The van der Waals surface area contributed by atoms with Crippen molar-refractivity contribution in [1.29, 1.82) is 0 Å². The number of hydrogen-bond acceptors (Lipinski definition) is 1. The highest BCUT2D eigenvalue weighted by Gasteiger charge is 2.19. The van der Waals surface area contributed by atoms with E-state index < -0.39 is 0 Å². The molecule has 11 rings (SSSR count). The molecule has 0 heterocycles. The molecule has 0 fully saturated rings. The van der Waals surface area contributed by atoms with Crippen molar-refractivity contribution in [3.8, 4) is 77.9 Å². The van der Waals surface area contributed by atoms with E-state index in [1.165, 1.54) is 77.5 Å². The molecule has 0 saturated heterocycles. The van der Waals surface area contributed by atoms with Gasteiger partial charge < -0.3 is 4.90 Å². The van der Waals surface area contributed by atoms with Crippen LogP contribution in [0, 0.1) is 0 Å². The van der Waals surface area contributed by atoms with Gasteiger partial charge >= 0.3 is 0 Å². The first-order valence-corrected chi connectivity index (χ1v) is 22.3. The lowest BCUT2D eigenvalue weighted by atomic mass is 9.84. The van der Waals surface area contributed by atoms with Crippen LogP contribution in [0.5, 0.6) is 0 Å². The predicted molar refractivity (Wildman–Crippen MR) is 277 cm³/mol. The van der Waals surface area contributed by atoms with Crippen LogP contribution < -0.4 is 4.90 Å². The molecule has 0 aliphatic rings. The van der Waals surface area contributed by atoms with Crippen LogP contribution in [0.4, 0.5) is 17.1 Å². The van der Waals surface area contributed by atoms with Gasteiger partial charge in [0.1, 0.15) is 0 Å². The topological polar surface area (TPSA) is 3.24 Å². The molecule has 0 aliphatic carbocycles. The van der Waals surface area contributed by atoms with Gasteiger partial charge in [-0.15, -0.1) is 0 Å². The lowest BCUT2D eigenvalue weighted by molar-refractivity contribution is 1.28. The third-order valence-corrected chi connectivity index (χ3v) is 12.5. The van der Waals surface area contributed by atoms with Crippen LogP contribution in [0.3, 0.4) is 0 Å². The van der Waals surface area contributed by atoms with Gasteiger partial charge in [-0.2, -0.15) is 0 Å². The van der Waals surface area contributed by atoms with E-state index in [0.717, 1.165) is 28.2 Å². The first-order valence-electron chi connectivity index (χ1n) is 22.3. The van der Waals surface area contributed by atoms with Crippen LogP contribution >= 0.6 is 0 Å². The van der Waals surface area contributed by atoms with Crippen molar-refractivity contribution in [2.24, 2.45) is 0 Å². The van der Waals surface area contributed by atoms with Crippen LogP contribution in [-0.4, -0.2) is 0 Å². The smallest absolute Gasteiger partial charge is 0.0462 e. The standard InChI is InChI=1S/C64H45N/c1-5-16-46(17-6-1)49-30-36-59(37-31-49)65(61-40-34-51(35-41-61)56-29-28-48-20-13-14-25-54(48)42-56)60-38-32-50(33-39-60)55-26-15-27-57(43-55)63-45-58(47-18-7-2-8-19-47)44-62(52-21-9-3-10-22-52)64(63)53-23-11-4-12-24-53/h1-45H. The second-order valence-corrected chi connectivity index (χ2v) is 16.5. The Morgan fingerprint density at radius 2 is 0.538 bits per heavy atom. The summed E-state index contributed by atoms with van der Waals surface area (Å²) in [5.74, 6) is 0. The van der Waals surface area contributed by atoms with Gasteiger partial charge in [0.25, 0.3) is 0 Å². The fraction of sp³-hybridized carbons (Fsp3) is 0. The molecule has 0 saturated carbocycles. The summed E-state index contributed by atoms with van der Waals surface area (Å²) in [7, 11) is 0. The monoisotopic (exact) mass is 827 g/mol. The second kappa shape index (κ2) is 17.7. The average molecular weight is 828 g/mol. The van der Waals surface area contributed by atoms with Gasteiger partial charge in [0.05, 0.1) is 0 Å². The van der Waals surface area contributed by atoms with E-state index in [2.05, 4.69) is 278 Å². The minimum absolute atomic E-state index is 1.09. The van der Waals surface area contributed by atoms with Gasteiger partial charge in [0, 0.05) is 17.1 Å². The minimum atomic E-state index is 1.09. The molecule has 0 amide bonds. The van der Waals surface area contributed by atoms with Gasteiger partial charge in [0.2, 0.25) is 0 Å². The van der Waals surface area contributed by atoms with Crippen molar-refractivity contribution in [3.63, 3.8) is 0 Å². The summed E-state index contributed by atoms with van der Waals surface area (Å²) >= 11 is 0. The molecular weight excluding hydrogens is 783 g/mol. The Kier molecular flexibility index (Phi) is 10.7. The summed E-state index contributed by atoms with van der Waals surface area (Å²) in [6.45, 7) is 0. The normalized spacial score (nSPS) is 11.1. The molecule has 1 heteroatoms. The maximum Gasteiger partial charge on any atom is 0.0462 e. The SMILES string of the molecule is c1ccc(-c2ccc(N(c3ccc(-c4cccc(-c5cc(-c6ccccc6)cc(-c6ccccc6)c5-c5ccccc5)c4)cc3)c3ccc(-c4ccc5ccccc5c4)cc3)cc2)cc1. The molecule has 0 bridgehead atoms. The zero-order valence-corrected chi connectivity index (χ0v) is 35.9. The van der Waals surface area contributed by atoms with Crippen molar-refractivity contribution >= 4 is 27.8 Å². The number of hydrogen-bond donors (Lipinski definition) is 0. The number of benzene rings is 11. The van der Waals surface area contributed by atoms with E-state index >= 15 is 0 Å². The third-order valence-electron chi connectivity index (χ3n) is 12.5. The fourth-order valence-electron chi connectivity index (χ4n) is 9.15. The molecule has 0 aromatic heterocycles. The quantitative estimate of drug-likeness (QED) is 0.133. The Labute approximate surface area is 381 Å². The van der Waals surface area contributed by atoms with Crippen LogP contribution in [0.1, 0.15) is 0 Å². The summed E-state index contributed by atoms with van der Waals surface area (Å²) < 4.78 is 0. The van der Waals surface area contributed by atoms with Crippen molar-refractivity contribution in [2.75, 3.05) is 4.90 Å². The molecule has 11 aromatic carbocycles. The summed E-state index contributed by atoms with van der Waals surface area (Å²) in [5, 5.41) is 2.49. The largest absolute Gasteiger partial charge is 0.311 e. The van der Waals surface area contributed by atoms with Crippen molar-refractivity contribution in [2.45, 2.75) is 0 Å². The molecule has 0 spiro atoms. The molecule has 11 aromatic rings. The van der Waals surface area contributed by atoms with Gasteiger partial charge in [-0.25, -0.2) is 0 Å². The Morgan fingerprint density at radius 3 is 1.08 bits per heavy atom. The molecule has 1 nitrogen and oxygen atoms in total. The van der Waals surface area contributed by atoms with Gasteiger partial charge in [-0.1, -0.05) is 212 Å². The Hall–Kier alpha value is -8.52. The maximum absolute atomic E-state index is 2.37. The first kappa shape index (κ1) is 39.3. The van der Waals surface area contributed by atoms with Crippen LogP contribution in [0.15, 0.2) is 273 Å². The molecule has 65 heavy (non-hydrogen) atoms. The van der Waals surface area contributed by atoms with Gasteiger partial charge in [-0.3, -0.25) is 0 Å². The van der Waals surface area contributed by atoms with E-state index in [1.54, 1.807) is 0 Å². The van der Waals surface area contributed by atoms with Crippen LogP contribution in [-0.2, 0) is 0 Å². The van der Waals surface area contributed by atoms with E-state index in [-0.39, 0.29) is 0 Å². The molecule has 0 unspecified atom stereocenters. The summed E-state index contributed by atoms with van der Waals surface area (Å²) in [5.41, 5.74) is 20.0. The van der Waals surface area contributed by atoms with E-state index in [9.17, 15) is 0 Å². The Morgan fingerprint density at radius 1 is 0.185 bits per heavy atom.